The maximum atomic E-state index is 9.57. The predicted molar refractivity (Wildman–Crippen MR) is 78.7 cm³/mol. The summed E-state index contributed by atoms with van der Waals surface area (Å²) >= 11 is 1.94. The molecule has 0 saturated carbocycles. The highest BCUT2D eigenvalue weighted by atomic mass is 32.2. The molecule has 0 bridgehead atoms. The van der Waals surface area contributed by atoms with Gasteiger partial charge in [0.05, 0.1) is 7.11 Å². The number of nitrogens with one attached hydrogen (secondary N) is 1. The first-order valence-corrected chi connectivity index (χ1v) is 7.44. The van der Waals surface area contributed by atoms with Crippen molar-refractivity contribution in [2.75, 3.05) is 18.6 Å². The van der Waals surface area contributed by atoms with Gasteiger partial charge in [-0.3, -0.25) is 0 Å². The summed E-state index contributed by atoms with van der Waals surface area (Å²) in [5.41, 5.74) is 1.12. The molecule has 3 nitrogen and oxygen atoms in total. The lowest BCUT2D eigenvalue weighted by atomic mass is 10.1. The van der Waals surface area contributed by atoms with Gasteiger partial charge in [0.25, 0.3) is 0 Å². The van der Waals surface area contributed by atoms with Gasteiger partial charge in [0.2, 0.25) is 0 Å². The molecule has 2 atom stereocenters. The lowest BCUT2D eigenvalue weighted by Gasteiger charge is -2.20. The van der Waals surface area contributed by atoms with E-state index in [4.69, 9.17) is 4.74 Å². The van der Waals surface area contributed by atoms with Crippen LogP contribution in [-0.2, 0) is 0 Å². The first-order chi connectivity index (χ1) is 8.58. The van der Waals surface area contributed by atoms with Crippen LogP contribution in [0, 0.1) is 0 Å². The third-order valence-corrected chi connectivity index (χ3v) is 3.95. The fourth-order valence-electron chi connectivity index (χ4n) is 1.83. The quantitative estimate of drug-likeness (QED) is 0.797. The highest BCUT2D eigenvalue weighted by molar-refractivity contribution is 7.99. The average Bonchev–Trinajstić information content (AvgIpc) is 2.36. The van der Waals surface area contributed by atoms with Crippen molar-refractivity contribution in [2.45, 2.75) is 32.9 Å². The number of hydrogen-bond acceptors (Lipinski definition) is 4. The van der Waals surface area contributed by atoms with E-state index in [2.05, 4.69) is 26.1 Å². The first-order valence-electron chi connectivity index (χ1n) is 6.29. The molecule has 2 N–H and O–H groups in total. The summed E-state index contributed by atoms with van der Waals surface area (Å²) in [4.78, 5) is 0. The van der Waals surface area contributed by atoms with Crippen LogP contribution >= 0.6 is 11.8 Å². The van der Waals surface area contributed by atoms with Gasteiger partial charge in [-0.2, -0.15) is 11.8 Å². The van der Waals surface area contributed by atoms with Crippen LogP contribution in [0.1, 0.15) is 32.4 Å². The van der Waals surface area contributed by atoms with Gasteiger partial charge in [-0.25, -0.2) is 0 Å². The number of methoxy groups -OCH3 is 1. The smallest absolute Gasteiger partial charge is 0.160 e. The van der Waals surface area contributed by atoms with Crippen LogP contribution in [0.3, 0.4) is 0 Å². The lowest BCUT2D eigenvalue weighted by Crippen LogP contribution is -2.30. The van der Waals surface area contributed by atoms with E-state index in [1.807, 2.05) is 23.9 Å². The molecule has 1 aromatic rings. The molecule has 1 aromatic carbocycles. The fraction of sp³-hybridized carbons (Fsp3) is 0.571. The van der Waals surface area contributed by atoms with Gasteiger partial charge in [0.15, 0.2) is 11.5 Å². The third-order valence-electron chi connectivity index (χ3n) is 2.81. The van der Waals surface area contributed by atoms with Gasteiger partial charge in [-0.1, -0.05) is 13.0 Å². The SMILES string of the molecule is CCSCC(C)NC(C)c1ccc(O)c(OC)c1. The maximum absolute atomic E-state index is 9.57. The average molecular weight is 269 g/mol. The summed E-state index contributed by atoms with van der Waals surface area (Å²) in [6.07, 6.45) is 0. The van der Waals surface area contributed by atoms with Crippen molar-refractivity contribution in [1.29, 1.82) is 0 Å². The molecule has 0 aliphatic rings. The van der Waals surface area contributed by atoms with E-state index >= 15 is 0 Å². The van der Waals surface area contributed by atoms with Crippen molar-refractivity contribution in [3.05, 3.63) is 23.8 Å². The minimum Gasteiger partial charge on any atom is -0.504 e. The normalized spacial score (nSPS) is 14.2. The van der Waals surface area contributed by atoms with E-state index in [1.165, 1.54) is 0 Å². The summed E-state index contributed by atoms with van der Waals surface area (Å²) in [7, 11) is 1.57. The monoisotopic (exact) mass is 269 g/mol. The van der Waals surface area contributed by atoms with Gasteiger partial charge in [-0.05, 0) is 37.3 Å². The van der Waals surface area contributed by atoms with Crippen LogP contribution < -0.4 is 10.1 Å². The zero-order valence-corrected chi connectivity index (χ0v) is 12.4. The van der Waals surface area contributed by atoms with E-state index in [9.17, 15) is 5.11 Å². The van der Waals surface area contributed by atoms with Crippen molar-refractivity contribution >= 4 is 11.8 Å². The van der Waals surface area contributed by atoms with E-state index in [0.717, 1.165) is 17.1 Å². The summed E-state index contributed by atoms with van der Waals surface area (Å²) < 4.78 is 5.12. The van der Waals surface area contributed by atoms with Crippen LogP contribution in [-0.4, -0.2) is 29.8 Å². The van der Waals surface area contributed by atoms with Crippen LogP contribution in [0.2, 0.25) is 0 Å². The maximum Gasteiger partial charge on any atom is 0.160 e. The zero-order chi connectivity index (χ0) is 13.5. The Bertz CT molecular complexity index is 371. The van der Waals surface area contributed by atoms with Crippen LogP contribution in [0.25, 0.3) is 0 Å². The molecule has 0 spiro atoms. The van der Waals surface area contributed by atoms with E-state index in [1.54, 1.807) is 13.2 Å². The first kappa shape index (κ1) is 15.2. The van der Waals surface area contributed by atoms with Crippen LogP contribution in [0.4, 0.5) is 0 Å². The van der Waals surface area contributed by atoms with Gasteiger partial charge in [0, 0.05) is 17.8 Å². The Labute approximate surface area is 114 Å². The number of ether oxygens (including phenoxy) is 1. The van der Waals surface area contributed by atoms with Crippen molar-refractivity contribution < 1.29 is 9.84 Å². The molecule has 0 aromatic heterocycles. The minimum absolute atomic E-state index is 0.183. The molecular weight excluding hydrogens is 246 g/mol. The Morgan fingerprint density at radius 1 is 1.39 bits per heavy atom. The number of benzene rings is 1. The molecule has 0 amide bonds. The molecule has 102 valence electrons. The molecule has 0 radical (unpaired) electrons. The van der Waals surface area contributed by atoms with Gasteiger partial charge in [-0.15, -0.1) is 0 Å². The van der Waals surface area contributed by atoms with Crippen molar-refractivity contribution in [2.24, 2.45) is 0 Å². The molecule has 0 fully saturated rings. The number of aromatic hydroxyl groups is 1. The summed E-state index contributed by atoms with van der Waals surface area (Å²) in [6, 6.07) is 6.19. The molecule has 2 unspecified atom stereocenters. The molecule has 0 saturated heterocycles. The summed E-state index contributed by atoms with van der Waals surface area (Å²) in [5, 5.41) is 13.1. The Hall–Kier alpha value is -0.870. The Balaban J connectivity index is 2.63. The molecule has 1 rings (SSSR count). The molecule has 4 heteroatoms. The number of phenols is 1. The summed E-state index contributed by atoms with van der Waals surface area (Å²) in [6.45, 7) is 6.49. The second-order valence-corrected chi connectivity index (χ2v) is 5.70. The summed E-state index contributed by atoms with van der Waals surface area (Å²) in [5.74, 6) is 2.96. The highest BCUT2D eigenvalue weighted by Crippen LogP contribution is 2.28. The molecule has 0 aliphatic carbocycles. The zero-order valence-electron chi connectivity index (χ0n) is 11.6. The highest BCUT2D eigenvalue weighted by Gasteiger charge is 2.11. The Morgan fingerprint density at radius 2 is 2.11 bits per heavy atom. The van der Waals surface area contributed by atoms with Gasteiger partial charge in [0.1, 0.15) is 0 Å². The van der Waals surface area contributed by atoms with E-state index in [-0.39, 0.29) is 11.8 Å². The van der Waals surface area contributed by atoms with Crippen molar-refractivity contribution in [3.63, 3.8) is 0 Å². The van der Waals surface area contributed by atoms with Crippen molar-refractivity contribution in [3.8, 4) is 11.5 Å². The number of phenolic OH excluding ortho intramolecular Hbond substituents is 1. The largest absolute Gasteiger partial charge is 0.504 e. The molecule has 18 heavy (non-hydrogen) atoms. The van der Waals surface area contributed by atoms with Crippen molar-refractivity contribution in [1.82, 2.24) is 5.32 Å². The topological polar surface area (TPSA) is 41.5 Å². The number of rotatable bonds is 7. The number of thioether (sulfide) groups is 1. The lowest BCUT2D eigenvalue weighted by molar-refractivity contribution is 0.372. The van der Waals surface area contributed by atoms with Gasteiger partial charge >= 0.3 is 0 Å². The van der Waals surface area contributed by atoms with Crippen LogP contribution in [0.5, 0.6) is 11.5 Å². The van der Waals surface area contributed by atoms with E-state index in [0.29, 0.717) is 11.8 Å². The van der Waals surface area contributed by atoms with E-state index < -0.39 is 0 Å². The predicted octanol–water partition coefficient (Wildman–Crippen LogP) is 3.19. The second kappa shape index (κ2) is 7.54. The minimum atomic E-state index is 0.183. The molecule has 0 aliphatic heterocycles. The Kier molecular flexibility index (Phi) is 6.36. The van der Waals surface area contributed by atoms with Crippen LogP contribution in [0.15, 0.2) is 18.2 Å². The fourth-order valence-corrected chi connectivity index (χ4v) is 2.51. The second-order valence-electron chi connectivity index (χ2n) is 4.38. The molecular formula is C14H23NO2S. The Morgan fingerprint density at radius 3 is 2.72 bits per heavy atom. The number of hydrogen-bond donors (Lipinski definition) is 2. The standard InChI is InChI=1S/C14H23NO2S/c1-5-18-9-10(2)15-11(3)12-6-7-13(16)14(8-12)17-4/h6-8,10-11,15-16H,5,9H2,1-4H3. The van der Waals surface area contributed by atoms with Gasteiger partial charge < -0.3 is 15.2 Å². The third kappa shape index (κ3) is 4.42. The molecule has 0 heterocycles.